The molecule has 0 spiro atoms. The van der Waals surface area contributed by atoms with E-state index in [9.17, 15) is 22.4 Å². The smallest absolute Gasteiger partial charge is 0.264 e. The lowest BCUT2D eigenvalue weighted by molar-refractivity contribution is -0.140. The lowest BCUT2D eigenvalue weighted by atomic mass is 10.0. The number of methoxy groups -OCH3 is 1. The number of benzene rings is 4. The fourth-order valence-electron chi connectivity index (χ4n) is 4.64. The van der Waals surface area contributed by atoms with Crippen molar-refractivity contribution < 1.29 is 27.1 Å². The molecule has 4 aromatic carbocycles. The molecule has 0 bridgehead atoms. The molecule has 8 nitrogen and oxygen atoms in total. The quantitative estimate of drug-likeness (QED) is 0.199. The van der Waals surface area contributed by atoms with Gasteiger partial charge in [-0.2, -0.15) is 0 Å². The van der Waals surface area contributed by atoms with E-state index in [4.69, 9.17) is 4.74 Å². The van der Waals surface area contributed by atoms with Gasteiger partial charge in [-0.05, 0) is 78.7 Å². The number of anilines is 1. The van der Waals surface area contributed by atoms with Crippen LogP contribution in [-0.4, -0.2) is 51.4 Å². The minimum absolute atomic E-state index is 0.0423. The van der Waals surface area contributed by atoms with Gasteiger partial charge in [-0.1, -0.05) is 58.4 Å². The highest BCUT2D eigenvalue weighted by molar-refractivity contribution is 9.10. The maximum Gasteiger partial charge on any atom is 0.264 e. The number of carbonyl (C=O) groups excluding carboxylic acids is 2. The number of carbonyl (C=O) groups is 2. The first-order chi connectivity index (χ1) is 21.1. The summed E-state index contributed by atoms with van der Waals surface area (Å²) in [5.74, 6) is -1.08. The molecule has 230 valence electrons. The van der Waals surface area contributed by atoms with Crippen molar-refractivity contribution in [1.82, 2.24) is 10.2 Å². The molecule has 0 heterocycles. The summed E-state index contributed by atoms with van der Waals surface area (Å²) in [4.78, 5) is 29.2. The molecule has 1 N–H and O–H groups in total. The molecule has 0 fully saturated rings. The summed E-state index contributed by atoms with van der Waals surface area (Å²) >= 11 is 3.42. The summed E-state index contributed by atoms with van der Waals surface area (Å²) < 4.78 is 48.8. The van der Waals surface area contributed by atoms with Gasteiger partial charge in [-0.3, -0.25) is 13.9 Å². The van der Waals surface area contributed by atoms with Gasteiger partial charge in [-0.25, -0.2) is 12.8 Å². The number of sulfonamides is 1. The van der Waals surface area contributed by atoms with Crippen LogP contribution in [0.4, 0.5) is 10.1 Å². The largest absolute Gasteiger partial charge is 0.497 e. The monoisotopic (exact) mass is 681 g/mol. The molecule has 0 aliphatic rings. The molecule has 4 aromatic rings. The van der Waals surface area contributed by atoms with Gasteiger partial charge in [-0.15, -0.1) is 0 Å². The molecule has 4 rings (SSSR count). The SMILES string of the molecule is CCNC(=O)C(Cc1ccccc1)N(Cc1ccc(Br)cc1)C(=O)CN(c1ccc(F)cc1)S(=O)(=O)c1ccc(OC)cc1. The van der Waals surface area contributed by atoms with Crippen molar-refractivity contribution in [3.63, 3.8) is 0 Å². The lowest BCUT2D eigenvalue weighted by Crippen LogP contribution is -2.53. The van der Waals surface area contributed by atoms with E-state index in [1.54, 1.807) is 6.92 Å². The van der Waals surface area contributed by atoms with E-state index in [0.717, 1.165) is 32.0 Å². The van der Waals surface area contributed by atoms with Crippen molar-refractivity contribution >= 4 is 43.5 Å². The molecular weight excluding hydrogens is 649 g/mol. The normalized spacial score (nSPS) is 11.8. The maximum atomic E-state index is 14.3. The van der Waals surface area contributed by atoms with E-state index in [-0.39, 0.29) is 29.5 Å². The summed E-state index contributed by atoms with van der Waals surface area (Å²) in [7, 11) is -2.85. The number of likely N-dealkylation sites (N-methyl/N-ethyl adjacent to an activating group) is 1. The molecule has 0 aliphatic carbocycles. The van der Waals surface area contributed by atoms with Crippen LogP contribution in [0.2, 0.25) is 0 Å². The minimum Gasteiger partial charge on any atom is -0.497 e. The number of hydrogen-bond acceptors (Lipinski definition) is 5. The molecule has 0 saturated heterocycles. The Morgan fingerprint density at radius 3 is 2.11 bits per heavy atom. The minimum atomic E-state index is -4.31. The molecule has 0 aliphatic heterocycles. The molecule has 2 amide bonds. The van der Waals surface area contributed by atoms with Crippen LogP contribution in [0.25, 0.3) is 0 Å². The average Bonchev–Trinajstić information content (AvgIpc) is 3.03. The zero-order valence-electron chi connectivity index (χ0n) is 24.3. The number of ether oxygens (including phenoxy) is 1. The van der Waals surface area contributed by atoms with E-state index in [1.807, 2.05) is 54.6 Å². The Bertz CT molecular complexity index is 1650. The highest BCUT2D eigenvalue weighted by Crippen LogP contribution is 2.27. The van der Waals surface area contributed by atoms with E-state index in [1.165, 1.54) is 48.4 Å². The molecule has 0 aromatic heterocycles. The third kappa shape index (κ3) is 8.23. The first-order valence-electron chi connectivity index (χ1n) is 13.9. The molecule has 1 atom stereocenters. The maximum absolute atomic E-state index is 14.3. The average molecular weight is 683 g/mol. The first kappa shape index (κ1) is 32.7. The number of amides is 2. The van der Waals surface area contributed by atoms with Gasteiger partial charge in [0.2, 0.25) is 11.8 Å². The van der Waals surface area contributed by atoms with Crippen LogP contribution >= 0.6 is 15.9 Å². The summed E-state index contributed by atoms with van der Waals surface area (Å²) in [6.07, 6.45) is 0.205. The predicted octanol–water partition coefficient (Wildman–Crippen LogP) is 5.57. The molecule has 0 radical (unpaired) electrons. The van der Waals surface area contributed by atoms with Gasteiger partial charge in [0.25, 0.3) is 10.0 Å². The van der Waals surface area contributed by atoms with E-state index in [2.05, 4.69) is 21.2 Å². The fourth-order valence-corrected chi connectivity index (χ4v) is 6.32. The third-order valence-corrected chi connectivity index (χ3v) is 9.25. The predicted molar refractivity (Wildman–Crippen MR) is 171 cm³/mol. The highest BCUT2D eigenvalue weighted by atomic mass is 79.9. The second-order valence-electron chi connectivity index (χ2n) is 9.91. The van der Waals surface area contributed by atoms with Gasteiger partial charge in [0, 0.05) is 24.0 Å². The van der Waals surface area contributed by atoms with E-state index >= 15 is 0 Å². The standard InChI is InChI=1S/C33H33BrFN3O5S/c1-3-36-33(40)31(21-24-7-5-4-6-8-24)37(22-25-9-11-26(34)12-10-25)32(39)23-38(28-15-13-27(35)14-16-28)44(41,42)30-19-17-29(43-2)18-20-30/h4-20,31H,3,21-23H2,1-2H3,(H,36,40). The second kappa shape index (κ2) is 15.0. The summed E-state index contributed by atoms with van der Waals surface area (Å²) in [6, 6.07) is 26.3. The topological polar surface area (TPSA) is 96.0 Å². The Labute approximate surface area is 265 Å². The zero-order valence-corrected chi connectivity index (χ0v) is 26.7. The fraction of sp³-hybridized carbons (Fsp3) is 0.212. The first-order valence-corrected chi connectivity index (χ1v) is 16.1. The van der Waals surface area contributed by atoms with Crippen molar-refractivity contribution in [3.05, 3.63) is 125 Å². The summed E-state index contributed by atoms with van der Waals surface area (Å²) in [5, 5.41) is 2.83. The second-order valence-corrected chi connectivity index (χ2v) is 12.7. The van der Waals surface area contributed by atoms with Gasteiger partial charge in [0.05, 0.1) is 17.7 Å². The Kier molecular flexibility index (Phi) is 11.1. The number of nitrogens with zero attached hydrogens (tertiary/aromatic N) is 2. The lowest BCUT2D eigenvalue weighted by Gasteiger charge is -2.33. The summed E-state index contributed by atoms with van der Waals surface area (Å²) in [6.45, 7) is 1.54. The Morgan fingerprint density at radius 2 is 1.52 bits per heavy atom. The van der Waals surface area contributed by atoms with E-state index < -0.39 is 34.3 Å². The zero-order chi connectivity index (χ0) is 31.7. The van der Waals surface area contributed by atoms with Gasteiger partial charge >= 0.3 is 0 Å². The van der Waals surface area contributed by atoms with Crippen LogP contribution in [0, 0.1) is 5.82 Å². The van der Waals surface area contributed by atoms with Gasteiger partial charge in [0.1, 0.15) is 24.2 Å². The molecule has 11 heteroatoms. The number of hydrogen-bond donors (Lipinski definition) is 1. The van der Waals surface area contributed by atoms with Crippen molar-refractivity contribution in [2.24, 2.45) is 0 Å². The molecule has 1 unspecified atom stereocenters. The number of rotatable bonds is 13. The number of halogens is 2. The summed E-state index contributed by atoms with van der Waals surface area (Å²) in [5.41, 5.74) is 1.67. The van der Waals surface area contributed by atoms with Crippen molar-refractivity contribution in [1.29, 1.82) is 0 Å². The van der Waals surface area contributed by atoms with Crippen LogP contribution in [0.1, 0.15) is 18.1 Å². The van der Waals surface area contributed by atoms with Gasteiger partial charge < -0.3 is 15.0 Å². The van der Waals surface area contributed by atoms with Crippen molar-refractivity contribution in [2.75, 3.05) is 24.5 Å². The molecule has 0 saturated carbocycles. The molecule has 44 heavy (non-hydrogen) atoms. The Hall–Kier alpha value is -4.22. The van der Waals surface area contributed by atoms with Crippen LogP contribution in [-0.2, 0) is 32.6 Å². The van der Waals surface area contributed by atoms with Crippen LogP contribution in [0.5, 0.6) is 5.75 Å². The van der Waals surface area contributed by atoms with E-state index in [0.29, 0.717) is 12.3 Å². The third-order valence-electron chi connectivity index (χ3n) is 6.93. The van der Waals surface area contributed by atoms with Crippen molar-refractivity contribution in [3.8, 4) is 5.75 Å². The van der Waals surface area contributed by atoms with Crippen LogP contribution < -0.4 is 14.4 Å². The number of nitrogens with one attached hydrogen (secondary N) is 1. The van der Waals surface area contributed by atoms with Gasteiger partial charge in [0.15, 0.2) is 0 Å². The Balaban J connectivity index is 1.78. The molecular formula is C33H33BrFN3O5S. The Morgan fingerprint density at radius 1 is 0.886 bits per heavy atom. The van der Waals surface area contributed by atoms with Crippen molar-refractivity contribution in [2.45, 2.75) is 30.8 Å². The van der Waals surface area contributed by atoms with Crippen LogP contribution in [0.3, 0.4) is 0 Å². The van der Waals surface area contributed by atoms with Crippen LogP contribution in [0.15, 0.2) is 112 Å². The highest BCUT2D eigenvalue weighted by Gasteiger charge is 2.34.